The Balaban J connectivity index is 1.07. The summed E-state index contributed by atoms with van der Waals surface area (Å²) < 4.78 is 11.4. The number of nitrogens with zero attached hydrogens (tertiary/aromatic N) is 2. The maximum Gasteiger partial charge on any atom is 0.159 e. The average molecular weight is 727 g/mol. The second-order valence-corrected chi connectivity index (χ2v) is 14.9. The van der Waals surface area contributed by atoms with Crippen molar-refractivity contribution in [1.82, 2.24) is 9.13 Å². The molecule has 0 aliphatic carbocycles. The molecule has 0 aliphatic heterocycles. The number of benzene rings is 9. The fourth-order valence-corrected chi connectivity index (χ4v) is 9.14. The molecule has 9 aromatic carbocycles. The van der Waals surface area contributed by atoms with Gasteiger partial charge in [-0.1, -0.05) is 152 Å². The first-order valence-corrected chi connectivity index (χ1v) is 19.5. The Labute approximate surface area is 328 Å². The minimum Gasteiger partial charge on any atom is -0.454 e. The Bertz CT molecular complexity index is 3510. The van der Waals surface area contributed by atoms with E-state index in [2.05, 4.69) is 209 Å². The third kappa shape index (κ3) is 4.86. The molecule has 12 rings (SSSR count). The predicted molar refractivity (Wildman–Crippen MR) is 239 cm³/mol. The van der Waals surface area contributed by atoms with Gasteiger partial charge in [0.25, 0.3) is 0 Å². The zero-order valence-corrected chi connectivity index (χ0v) is 30.9. The maximum absolute atomic E-state index is 6.55. The molecule has 0 radical (unpaired) electrons. The number of furan rings is 1. The minimum atomic E-state index is 0.899. The summed E-state index contributed by atoms with van der Waals surface area (Å²) in [7, 11) is 0. The van der Waals surface area contributed by atoms with Crippen molar-refractivity contribution in [2.45, 2.75) is 0 Å². The van der Waals surface area contributed by atoms with Gasteiger partial charge in [-0.2, -0.15) is 0 Å². The molecule has 3 heterocycles. The molecule has 266 valence electrons. The van der Waals surface area contributed by atoms with Gasteiger partial charge in [-0.05, 0) is 82.4 Å². The number of hydrogen-bond donors (Lipinski definition) is 0. The van der Waals surface area contributed by atoms with Gasteiger partial charge in [0.2, 0.25) is 0 Å². The molecule has 12 aromatic rings. The Morgan fingerprint density at radius 1 is 0.316 bits per heavy atom. The predicted octanol–water partition coefficient (Wildman–Crippen LogP) is 14.8. The van der Waals surface area contributed by atoms with Crippen molar-refractivity contribution in [2.75, 3.05) is 0 Å². The van der Waals surface area contributed by atoms with Gasteiger partial charge in [0.05, 0.1) is 27.8 Å². The van der Waals surface area contributed by atoms with E-state index in [9.17, 15) is 0 Å². The fourth-order valence-electron chi connectivity index (χ4n) is 9.14. The lowest BCUT2D eigenvalue weighted by atomic mass is 9.99. The largest absolute Gasteiger partial charge is 0.454 e. The van der Waals surface area contributed by atoms with E-state index in [0.29, 0.717) is 0 Å². The highest BCUT2D eigenvalue weighted by Gasteiger charge is 2.20. The van der Waals surface area contributed by atoms with Crippen molar-refractivity contribution in [1.29, 1.82) is 0 Å². The van der Waals surface area contributed by atoms with Gasteiger partial charge in [0, 0.05) is 43.6 Å². The first kappa shape index (κ1) is 31.7. The normalized spacial score (nSPS) is 11.9. The van der Waals surface area contributed by atoms with Crippen LogP contribution in [0, 0.1) is 0 Å². The van der Waals surface area contributed by atoms with Gasteiger partial charge in [0.15, 0.2) is 5.58 Å². The summed E-state index contributed by atoms with van der Waals surface area (Å²) in [4.78, 5) is 0. The molecule has 0 N–H and O–H groups in total. The summed E-state index contributed by atoms with van der Waals surface area (Å²) in [5.41, 5.74) is 15.9. The van der Waals surface area contributed by atoms with Gasteiger partial charge >= 0.3 is 0 Å². The lowest BCUT2D eigenvalue weighted by Crippen LogP contribution is -1.96. The highest BCUT2D eigenvalue weighted by molar-refractivity contribution is 6.16. The zero-order valence-electron chi connectivity index (χ0n) is 30.9. The van der Waals surface area contributed by atoms with Gasteiger partial charge in [-0.25, -0.2) is 0 Å². The highest BCUT2D eigenvalue weighted by atomic mass is 16.3. The van der Waals surface area contributed by atoms with Crippen LogP contribution in [0.4, 0.5) is 0 Å². The number of para-hydroxylation sites is 4. The molecule has 0 saturated carbocycles. The fraction of sp³-hybridized carbons (Fsp3) is 0. The molecule has 0 saturated heterocycles. The van der Waals surface area contributed by atoms with Crippen LogP contribution >= 0.6 is 0 Å². The molecule has 3 aromatic heterocycles. The Hall–Kier alpha value is -7.62. The second kappa shape index (κ2) is 12.5. The van der Waals surface area contributed by atoms with E-state index in [4.69, 9.17) is 4.42 Å². The SMILES string of the molecule is c1ccc(-c2cccc(-n3c4ccc(-c5ccc6c(c5)c5ccccc5n6-c5cccc6c5oc5ccccc56)cc4c4cccc(-c5ccccc5)c43)c2)cc1. The van der Waals surface area contributed by atoms with Crippen molar-refractivity contribution in [2.24, 2.45) is 0 Å². The molecule has 3 heteroatoms. The summed E-state index contributed by atoms with van der Waals surface area (Å²) in [6.07, 6.45) is 0. The van der Waals surface area contributed by atoms with E-state index < -0.39 is 0 Å². The van der Waals surface area contributed by atoms with Gasteiger partial charge in [-0.3, -0.25) is 0 Å². The molecule has 57 heavy (non-hydrogen) atoms. The van der Waals surface area contributed by atoms with Crippen LogP contribution in [-0.4, -0.2) is 9.13 Å². The quantitative estimate of drug-likeness (QED) is 0.173. The monoisotopic (exact) mass is 726 g/mol. The van der Waals surface area contributed by atoms with Crippen molar-refractivity contribution in [3.05, 3.63) is 206 Å². The van der Waals surface area contributed by atoms with Crippen LogP contribution in [0.25, 0.3) is 110 Å². The number of fused-ring (bicyclic) bond motifs is 9. The van der Waals surface area contributed by atoms with E-state index in [-0.39, 0.29) is 0 Å². The van der Waals surface area contributed by atoms with Gasteiger partial charge < -0.3 is 13.6 Å². The van der Waals surface area contributed by atoms with Crippen LogP contribution in [-0.2, 0) is 0 Å². The Morgan fingerprint density at radius 2 is 0.877 bits per heavy atom. The Morgan fingerprint density at radius 3 is 1.68 bits per heavy atom. The molecule has 0 fully saturated rings. The standard InChI is InChI=1S/C54H34N2O/c1-3-14-35(15-4-1)37-18-11-19-40(32-37)55-49-30-28-39(34-47(49)44-23-12-22-41(53(44)55)36-16-5-2-6-17-36)38-29-31-50-46(33-38)42-20-7-9-25-48(42)56(50)51-26-13-24-45-43-21-8-10-27-52(43)57-54(45)51/h1-34H. The number of rotatable bonds is 5. The van der Waals surface area contributed by atoms with Crippen LogP contribution in [0.3, 0.4) is 0 Å². The lowest BCUT2D eigenvalue weighted by molar-refractivity contribution is 0.666. The summed E-state index contributed by atoms with van der Waals surface area (Å²) in [5, 5.41) is 7.14. The first-order chi connectivity index (χ1) is 28.3. The van der Waals surface area contributed by atoms with E-state index in [1.165, 1.54) is 66.0 Å². The van der Waals surface area contributed by atoms with Gasteiger partial charge in [-0.15, -0.1) is 0 Å². The van der Waals surface area contributed by atoms with Crippen LogP contribution in [0.2, 0.25) is 0 Å². The van der Waals surface area contributed by atoms with Crippen molar-refractivity contribution in [3.63, 3.8) is 0 Å². The second-order valence-electron chi connectivity index (χ2n) is 14.9. The summed E-state index contributed by atoms with van der Waals surface area (Å²) in [6, 6.07) is 74.5. The third-order valence-corrected chi connectivity index (χ3v) is 11.7. The first-order valence-electron chi connectivity index (χ1n) is 19.5. The topological polar surface area (TPSA) is 23.0 Å². The van der Waals surface area contributed by atoms with Crippen molar-refractivity contribution < 1.29 is 4.42 Å². The smallest absolute Gasteiger partial charge is 0.159 e. The molecular weight excluding hydrogens is 693 g/mol. The van der Waals surface area contributed by atoms with Crippen LogP contribution in [0.15, 0.2) is 211 Å². The Kier molecular flexibility index (Phi) is 6.93. The van der Waals surface area contributed by atoms with E-state index in [1.54, 1.807) is 0 Å². The van der Waals surface area contributed by atoms with E-state index >= 15 is 0 Å². The van der Waals surface area contributed by atoms with Crippen LogP contribution in [0.5, 0.6) is 0 Å². The molecule has 0 spiro atoms. The minimum absolute atomic E-state index is 0.899. The van der Waals surface area contributed by atoms with E-state index in [0.717, 1.165) is 44.3 Å². The summed E-state index contributed by atoms with van der Waals surface area (Å²) in [5.74, 6) is 0. The number of hydrogen-bond acceptors (Lipinski definition) is 1. The van der Waals surface area contributed by atoms with Gasteiger partial charge in [0.1, 0.15) is 5.58 Å². The van der Waals surface area contributed by atoms with Crippen molar-refractivity contribution >= 4 is 65.6 Å². The average Bonchev–Trinajstić information content (AvgIpc) is 3.94. The molecule has 0 bridgehead atoms. The third-order valence-electron chi connectivity index (χ3n) is 11.7. The molecule has 0 unspecified atom stereocenters. The maximum atomic E-state index is 6.55. The zero-order chi connectivity index (χ0) is 37.5. The van der Waals surface area contributed by atoms with E-state index in [1.807, 2.05) is 6.07 Å². The van der Waals surface area contributed by atoms with Crippen LogP contribution < -0.4 is 0 Å². The number of aromatic nitrogens is 2. The molecule has 0 aliphatic rings. The highest BCUT2D eigenvalue weighted by Crippen LogP contribution is 2.42. The molecule has 0 amide bonds. The summed E-state index contributed by atoms with van der Waals surface area (Å²) >= 11 is 0. The summed E-state index contributed by atoms with van der Waals surface area (Å²) in [6.45, 7) is 0. The van der Waals surface area contributed by atoms with Crippen molar-refractivity contribution in [3.8, 4) is 44.8 Å². The molecule has 3 nitrogen and oxygen atoms in total. The molecular formula is C54H34N2O. The molecule has 0 atom stereocenters. The lowest BCUT2D eigenvalue weighted by Gasteiger charge is -2.13. The van der Waals surface area contributed by atoms with Crippen LogP contribution in [0.1, 0.15) is 0 Å².